The van der Waals surface area contributed by atoms with Crippen LogP contribution in [0.15, 0.2) is 24.3 Å². The second-order valence-corrected chi connectivity index (χ2v) is 6.13. The predicted molar refractivity (Wildman–Crippen MR) is 86.5 cm³/mol. The van der Waals surface area contributed by atoms with Crippen LogP contribution in [0.2, 0.25) is 0 Å². The largest absolute Gasteiger partial charge is 0.411 e. The Morgan fingerprint density at radius 2 is 2.00 bits per heavy atom. The van der Waals surface area contributed by atoms with Crippen LogP contribution in [0.3, 0.4) is 0 Å². The maximum Gasteiger partial charge on any atom is 0.411 e. The number of carbonyl (C=O) groups excluding carboxylic acids is 1. The number of hydrogen-bond donors (Lipinski definition) is 1. The van der Waals surface area contributed by atoms with Crippen molar-refractivity contribution in [1.29, 1.82) is 0 Å². The van der Waals surface area contributed by atoms with Gasteiger partial charge >= 0.3 is 6.18 Å². The van der Waals surface area contributed by atoms with Gasteiger partial charge in [0, 0.05) is 12.5 Å². The zero-order valence-electron chi connectivity index (χ0n) is 13.7. The van der Waals surface area contributed by atoms with Gasteiger partial charge in [0.25, 0.3) is 0 Å². The van der Waals surface area contributed by atoms with Crippen molar-refractivity contribution < 1.29 is 22.7 Å². The third-order valence-electron chi connectivity index (χ3n) is 4.31. The Morgan fingerprint density at radius 1 is 1.28 bits per heavy atom. The van der Waals surface area contributed by atoms with Gasteiger partial charge in [0.15, 0.2) is 5.82 Å². The molecule has 0 amide bonds. The normalized spacial score (nSPS) is 16.4. The van der Waals surface area contributed by atoms with Crippen LogP contribution in [0.1, 0.15) is 23.5 Å². The monoisotopic (exact) mass is 355 g/mol. The lowest BCUT2D eigenvalue weighted by atomic mass is 9.93. The molecule has 0 atom stereocenters. The minimum Gasteiger partial charge on any atom is -0.370 e. The van der Waals surface area contributed by atoms with Crippen molar-refractivity contribution in [3.8, 4) is 0 Å². The number of alkyl halides is 3. The Balaban J connectivity index is 1.80. The molecule has 25 heavy (non-hydrogen) atoms. The molecule has 5 nitrogen and oxygen atoms in total. The van der Waals surface area contributed by atoms with Crippen molar-refractivity contribution in [3.05, 3.63) is 30.1 Å². The van der Waals surface area contributed by atoms with E-state index >= 15 is 0 Å². The highest BCUT2D eigenvalue weighted by molar-refractivity contribution is 5.98. The number of ether oxygens (including phenoxy) is 1. The van der Waals surface area contributed by atoms with Gasteiger partial charge in [-0.3, -0.25) is 4.79 Å². The average molecular weight is 355 g/mol. The quantitative estimate of drug-likeness (QED) is 0.640. The van der Waals surface area contributed by atoms with Gasteiger partial charge in [0.05, 0.1) is 17.6 Å². The zero-order chi connectivity index (χ0) is 17.9. The van der Waals surface area contributed by atoms with Crippen molar-refractivity contribution in [2.24, 2.45) is 5.92 Å². The number of para-hydroxylation sites is 2. The van der Waals surface area contributed by atoms with Gasteiger partial charge < -0.3 is 14.6 Å². The van der Waals surface area contributed by atoms with Crippen molar-refractivity contribution in [2.45, 2.75) is 25.6 Å². The zero-order valence-corrected chi connectivity index (χ0v) is 13.7. The number of hydrogen-bond acceptors (Lipinski definition) is 4. The molecule has 1 aliphatic rings. The van der Waals surface area contributed by atoms with Crippen LogP contribution < -0.4 is 5.32 Å². The summed E-state index contributed by atoms with van der Waals surface area (Å²) >= 11 is 0. The van der Waals surface area contributed by atoms with E-state index in [0.29, 0.717) is 11.3 Å². The number of piperidine rings is 1. The highest BCUT2D eigenvalue weighted by Crippen LogP contribution is 2.22. The van der Waals surface area contributed by atoms with Crippen LogP contribution in [0.25, 0.3) is 11.0 Å². The molecule has 1 aliphatic heterocycles. The van der Waals surface area contributed by atoms with Crippen molar-refractivity contribution in [3.63, 3.8) is 0 Å². The Hall–Kier alpha value is -1.93. The third kappa shape index (κ3) is 4.38. The van der Waals surface area contributed by atoms with E-state index in [0.717, 1.165) is 31.4 Å². The molecule has 1 aromatic carbocycles. The number of carbonyl (C=O) groups is 1. The lowest BCUT2D eigenvalue weighted by Gasteiger charge is -2.21. The summed E-state index contributed by atoms with van der Waals surface area (Å²) < 4.78 is 43.0. The fourth-order valence-corrected chi connectivity index (χ4v) is 3.10. The lowest BCUT2D eigenvalue weighted by molar-refractivity contribution is -0.174. The number of nitrogens with zero attached hydrogens (tertiary/aromatic N) is 2. The van der Waals surface area contributed by atoms with E-state index in [9.17, 15) is 18.0 Å². The van der Waals surface area contributed by atoms with E-state index in [-0.39, 0.29) is 24.9 Å². The molecule has 0 saturated carbocycles. The van der Waals surface area contributed by atoms with Crippen LogP contribution >= 0.6 is 0 Å². The Morgan fingerprint density at radius 3 is 2.72 bits per heavy atom. The number of ketones is 1. The summed E-state index contributed by atoms with van der Waals surface area (Å²) in [5.41, 5.74) is 1.39. The first kappa shape index (κ1) is 17.9. The number of aromatic nitrogens is 2. The number of fused-ring (bicyclic) bond motifs is 1. The van der Waals surface area contributed by atoms with E-state index in [1.165, 1.54) is 0 Å². The molecule has 0 bridgehead atoms. The van der Waals surface area contributed by atoms with Crippen molar-refractivity contribution in [1.82, 2.24) is 14.9 Å². The molecule has 0 aliphatic carbocycles. The fourth-order valence-electron chi connectivity index (χ4n) is 3.10. The van der Waals surface area contributed by atoms with Crippen molar-refractivity contribution in [2.75, 3.05) is 26.3 Å². The summed E-state index contributed by atoms with van der Waals surface area (Å²) in [6.45, 7) is 0.295. The molecule has 2 aromatic rings. The van der Waals surface area contributed by atoms with Gasteiger partial charge in [0.2, 0.25) is 5.78 Å². The topological polar surface area (TPSA) is 56.2 Å². The van der Waals surface area contributed by atoms with E-state index in [4.69, 9.17) is 4.74 Å². The van der Waals surface area contributed by atoms with Gasteiger partial charge in [-0.1, -0.05) is 12.1 Å². The maximum absolute atomic E-state index is 12.9. The minimum atomic E-state index is -4.36. The summed E-state index contributed by atoms with van der Waals surface area (Å²) in [7, 11) is 0. The molecule has 1 aromatic heterocycles. The second kappa shape index (κ2) is 7.53. The van der Waals surface area contributed by atoms with Gasteiger partial charge in [-0.2, -0.15) is 13.2 Å². The summed E-state index contributed by atoms with van der Waals surface area (Å²) in [5.74, 6) is 0.158. The number of halogens is 3. The molecule has 1 N–H and O–H groups in total. The number of rotatable bonds is 6. The highest BCUT2D eigenvalue weighted by Gasteiger charge is 2.29. The number of nitrogens with one attached hydrogen (secondary N) is 1. The molecule has 8 heteroatoms. The first-order chi connectivity index (χ1) is 12.0. The molecule has 3 rings (SSSR count). The average Bonchev–Trinajstić information content (AvgIpc) is 2.97. The highest BCUT2D eigenvalue weighted by atomic mass is 19.4. The van der Waals surface area contributed by atoms with E-state index in [2.05, 4.69) is 10.3 Å². The Bertz CT molecular complexity index is 736. The van der Waals surface area contributed by atoms with E-state index in [1.807, 2.05) is 18.2 Å². The fraction of sp³-hybridized carbons (Fsp3) is 0.529. The van der Waals surface area contributed by atoms with Crippen LogP contribution in [-0.4, -0.2) is 47.8 Å². The van der Waals surface area contributed by atoms with E-state index < -0.39 is 12.8 Å². The van der Waals surface area contributed by atoms with Gasteiger partial charge in [-0.05, 0) is 38.1 Å². The van der Waals surface area contributed by atoms with Crippen molar-refractivity contribution >= 4 is 16.8 Å². The van der Waals surface area contributed by atoms with Crippen LogP contribution in [0, 0.1) is 5.92 Å². The molecule has 0 spiro atoms. The molecular formula is C17H20F3N3O2. The van der Waals surface area contributed by atoms with Gasteiger partial charge in [-0.15, -0.1) is 0 Å². The van der Waals surface area contributed by atoms with Crippen LogP contribution in [0.5, 0.6) is 0 Å². The summed E-state index contributed by atoms with van der Waals surface area (Å²) in [6, 6.07) is 7.24. The van der Waals surface area contributed by atoms with Crippen LogP contribution in [0.4, 0.5) is 13.2 Å². The van der Waals surface area contributed by atoms with Gasteiger partial charge in [-0.25, -0.2) is 4.98 Å². The van der Waals surface area contributed by atoms with Crippen LogP contribution in [-0.2, 0) is 11.3 Å². The molecule has 2 heterocycles. The first-order valence-electron chi connectivity index (χ1n) is 8.30. The molecule has 0 radical (unpaired) electrons. The first-order valence-corrected chi connectivity index (χ1v) is 8.30. The third-order valence-corrected chi connectivity index (χ3v) is 4.31. The molecule has 1 fully saturated rings. The lowest BCUT2D eigenvalue weighted by Crippen LogP contribution is -2.33. The Kier molecular flexibility index (Phi) is 5.39. The maximum atomic E-state index is 12.9. The Labute approximate surface area is 143 Å². The SMILES string of the molecule is O=C(c1nc2ccccc2n1CCOCC(F)(F)F)C1CCNCC1. The van der Waals surface area contributed by atoms with Gasteiger partial charge in [0.1, 0.15) is 6.61 Å². The van der Waals surface area contributed by atoms with E-state index in [1.54, 1.807) is 10.6 Å². The molecule has 1 saturated heterocycles. The molecule has 0 unspecified atom stereocenters. The number of Topliss-reactive ketones (excluding diaryl/α,β-unsaturated/α-hetero) is 1. The molecule has 136 valence electrons. The summed E-state index contributed by atoms with van der Waals surface area (Å²) in [4.78, 5) is 17.3. The predicted octanol–water partition coefficient (Wildman–Crippen LogP) is 2.80. The summed E-state index contributed by atoms with van der Waals surface area (Å²) in [5, 5.41) is 3.21. The summed E-state index contributed by atoms with van der Waals surface area (Å²) in [6.07, 6.45) is -2.87. The standard InChI is InChI=1S/C17H20F3N3O2/c18-17(19,20)11-25-10-9-23-14-4-2-1-3-13(14)22-16(23)15(24)12-5-7-21-8-6-12/h1-4,12,21H,5-11H2. The molecular weight excluding hydrogens is 335 g/mol. The second-order valence-electron chi connectivity index (χ2n) is 6.13. The number of imidazole rings is 1. The smallest absolute Gasteiger partial charge is 0.370 e. The number of benzene rings is 1. The minimum absolute atomic E-state index is 0.0477.